The van der Waals surface area contributed by atoms with E-state index in [1.165, 1.54) is 0 Å². The molecule has 136 valence electrons. The summed E-state index contributed by atoms with van der Waals surface area (Å²) in [6, 6.07) is 13.1. The summed E-state index contributed by atoms with van der Waals surface area (Å²) in [7, 11) is 0. The second-order valence-corrected chi connectivity index (χ2v) is 8.08. The minimum absolute atomic E-state index is 0.00569. The lowest BCUT2D eigenvalue weighted by Gasteiger charge is -2.41. The molecule has 0 saturated carbocycles. The van der Waals surface area contributed by atoms with Crippen LogP contribution in [0, 0.1) is 11.8 Å². The Balaban J connectivity index is 2.16. The van der Waals surface area contributed by atoms with Crippen molar-refractivity contribution < 1.29 is 4.79 Å². The Hall–Kier alpha value is -1.32. The molecule has 0 amide bonds. The fourth-order valence-corrected chi connectivity index (χ4v) is 4.63. The third-order valence-electron chi connectivity index (χ3n) is 5.13. The molecule has 2 nitrogen and oxygen atoms in total. The smallest absolute Gasteiger partial charge is 0.127 e. The van der Waals surface area contributed by atoms with Crippen molar-refractivity contribution in [1.82, 2.24) is 0 Å². The molecule has 5 atom stereocenters. The molecule has 3 rings (SSSR count). The summed E-state index contributed by atoms with van der Waals surface area (Å²) in [5, 5.41) is 1.88. The van der Waals surface area contributed by atoms with Crippen molar-refractivity contribution in [3.8, 4) is 0 Å². The van der Waals surface area contributed by atoms with E-state index in [1.54, 1.807) is 6.07 Å². The molecule has 0 aliphatic heterocycles. The molecule has 0 radical (unpaired) electrons. The number of benzene rings is 2. The molecule has 0 aromatic heterocycles. The molecule has 1 aliphatic rings. The molecule has 0 heterocycles. The molecular weight excluding hydrogens is 389 g/mol. The van der Waals surface area contributed by atoms with Crippen LogP contribution in [0.4, 0.5) is 0 Å². The summed E-state index contributed by atoms with van der Waals surface area (Å²) in [4.78, 5) is 11.7. The van der Waals surface area contributed by atoms with Gasteiger partial charge in [-0.15, -0.1) is 0 Å². The van der Waals surface area contributed by atoms with E-state index in [0.717, 1.165) is 17.4 Å². The minimum atomic E-state index is -0.238. The summed E-state index contributed by atoms with van der Waals surface area (Å²) in [5.74, 6) is -0.285. The van der Waals surface area contributed by atoms with Crippen LogP contribution in [0.5, 0.6) is 0 Å². The second kappa shape index (κ2) is 8.14. The number of rotatable bonds is 4. The summed E-state index contributed by atoms with van der Waals surface area (Å²) in [6.45, 7) is 1.95. The van der Waals surface area contributed by atoms with E-state index in [4.69, 9.17) is 40.5 Å². The molecule has 26 heavy (non-hydrogen) atoms. The van der Waals surface area contributed by atoms with Gasteiger partial charge in [0.25, 0.3) is 0 Å². The van der Waals surface area contributed by atoms with Gasteiger partial charge >= 0.3 is 0 Å². The van der Waals surface area contributed by atoms with Gasteiger partial charge in [0.15, 0.2) is 0 Å². The average molecular weight is 409 g/mol. The topological polar surface area (TPSA) is 43.1 Å². The van der Waals surface area contributed by atoms with Crippen molar-refractivity contribution in [2.24, 2.45) is 17.6 Å². The van der Waals surface area contributed by atoms with E-state index in [0.29, 0.717) is 15.1 Å². The van der Waals surface area contributed by atoms with E-state index in [-0.39, 0.29) is 29.7 Å². The maximum atomic E-state index is 11.7. The van der Waals surface area contributed by atoms with Gasteiger partial charge < -0.3 is 10.5 Å². The number of nitrogens with two attached hydrogens (primary N) is 1. The first-order chi connectivity index (χ1) is 12.4. The van der Waals surface area contributed by atoms with Gasteiger partial charge in [-0.3, -0.25) is 0 Å². The quantitative estimate of drug-likeness (QED) is 0.508. The fourth-order valence-electron chi connectivity index (χ4n) is 3.97. The second-order valence-electron chi connectivity index (χ2n) is 6.80. The molecule has 5 heteroatoms. The number of carbonyl (C=O) groups excluding carboxylic acids is 1. The highest BCUT2D eigenvalue weighted by Crippen LogP contribution is 2.48. The number of aldehydes is 1. The van der Waals surface area contributed by atoms with Crippen LogP contribution in [-0.4, -0.2) is 12.3 Å². The average Bonchev–Trinajstić information content (AvgIpc) is 2.61. The third kappa shape index (κ3) is 3.84. The standard InChI is InChI=1S/C21H20Cl3NO/c1-12(25)20-14(11-26)4-8-18(17-9-7-16(23)10-19(17)24)21(20)13-2-5-15(22)6-3-13/h2-12,14,18,20-21H,25H2,1H3. The largest absolute Gasteiger partial charge is 0.328 e. The van der Waals surface area contributed by atoms with Crippen molar-refractivity contribution in [2.45, 2.75) is 24.8 Å². The molecule has 0 spiro atoms. The Morgan fingerprint density at radius 2 is 1.65 bits per heavy atom. The zero-order valence-corrected chi connectivity index (χ0v) is 16.5. The predicted octanol–water partition coefficient (Wildman–Crippen LogP) is 5.86. The van der Waals surface area contributed by atoms with E-state index < -0.39 is 0 Å². The number of halogens is 3. The van der Waals surface area contributed by atoms with E-state index in [9.17, 15) is 4.79 Å². The number of allylic oxidation sites excluding steroid dienone is 2. The van der Waals surface area contributed by atoms with Gasteiger partial charge in [-0.25, -0.2) is 0 Å². The van der Waals surface area contributed by atoms with Crippen LogP contribution in [-0.2, 0) is 4.79 Å². The molecular formula is C21H20Cl3NO. The number of hydrogen-bond acceptors (Lipinski definition) is 2. The fraction of sp³-hybridized carbons (Fsp3) is 0.286. The third-order valence-corrected chi connectivity index (χ3v) is 5.94. The summed E-state index contributed by atoms with van der Waals surface area (Å²) < 4.78 is 0. The highest BCUT2D eigenvalue weighted by molar-refractivity contribution is 6.35. The summed E-state index contributed by atoms with van der Waals surface area (Å²) in [6.07, 6.45) is 4.99. The molecule has 1 aliphatic carbocycles. The molecule has 2 aromatic rings. The molecule has 2 N–H and O–H groups in total. The van der Waals surface area contributed by atoms with Crippen molar-refractivity contribution in [3.63, 3.8) is 0 Å². The Labute approximate surface area is 168 Å². The highest BCUT2D eigenvalue weighted by Gasteiger charge is 2.40. The molecule has 5 unspecified atom stereocenters. The van der Waals surface area contributed by atoms with Crippen molar-refractivity contribution in [3.05, 3.63) is 80.8 Å². The van der Waals surface area contributed by atoms with Crippen LogP contribution in [0.25, 0.3) is 0 Å². The van der Waals surface area contributed by atoms with Crippen LogP contribution in [0.1, 0.15) is 29.9 Å². The Kier molecular flexibility index (Phi) is 6.09. The van der Waals surface area contributed by atoms with Crippen LogP contribution in [0.2, 0.25) is 15.1 Å². The first-order valence-corrected chi connectivity index (χ1v) is 9.65. The van der Waals surface area contributed by atoms with Crippen LogP contribution < -0.4 is 5.73 Å². The SMILES string of the molecule is CC(N)C1C(C=O)C=CC(c2ccc(Cl)cc2Cl)C1c1ccc(Cl)cc1. The van der Waals surface area contributed by atoms with Gasteiger partial charge in [-0.2, -0.15) is 0 Å². The van der Waals surface area contributed by atoms with Crippen LogP contribution in [0.3, 0.4) is 0 Å². The molecule has 2 aromatic carbocycles. The highest BCUT2D eigenvalue weighted by atomic mass is 35.5. The Morgan fingerprint density at radius 3 is 2.23 bits per heavy atom. The van der Waals surface area contributed by atoms with Crippen LogP contribution >= 0.6 is 34.8 Å². The lowest BCUT2D eigenvalue weighted by molar-refractivity contribution is -0.111. The first kappa shape index (κ1) is 19.4. The normalized spacial score (nSPS) is 26.5. The predicted molar refractivity (Wildman–Crippen MR) is 109 cm³/mol. The van der Waals surface area contributed by atoms with Crippen LogP contribution in [0.15, 0.2) is 54.6 Å². The van der Waals surface area contributed by atoms with Gasteiger partial charge in [0.05, 0.1) is 0 Å². The van der Waals surface area contributed by atoms with Gasteiger partial charge in [0, 0.05) is 32.9 Å². The number of hydrogen-bond donors (Lipinski definition) is 1. The molecule has 0 bridgehead atoms. The lowest BCUT2D eigenvalue weighted by Crippen LogP contribution is -2.41. The van der Waals surface area contributed by atoms with Crippen molar-refractivity contribution in [2.75, 3.05) is 0 Å². The minimum Gasteiger partial charge on any atom is -0.328 e. The van der Waals surface area contributed by atoms with Crippen molar-refractivity contribution in [1.29, 1.82) is 0 Å². The molecule has 0 saturated heterocycles. The van der Waals surface area contributed by atoms with Gasteiger partial charge in [0.2, 0.25) is 0 Å². The first-order valence-electron chi connectivity index (χ1n) is 8.52. The Morgan fingerprint density at radius 1 is 1.00 bits per heavy atom. The van der Waals surface area contributed by atoms with E-state index >= 15 is 0 Å². The van der Waals surface area contributed by atoms with Gasteiger partial charge in [0.1, 0.15) is 6.29 Å². The van der Waals surface area contributed by atoms with E-state index in [1.807, 2.05) is 49.4 Å². The maximum Gasteiger partial charge on any atom is 0.127 e. The number of carbonyl (C=O) groups is 1. The van der Waals surface area contributed by atoms with Gasteiger partial charge in [-0.05, 0) is 54.2 Å². The zero-order valence-electron chi connectivity index (χ0n) is 14.3. The van der Waals surface area contributed by atoms with E-state index in [2.05, 4.69) is 6.08 Å². The monoisotopic (exact) mass is 407 g/mol. The summed E-state index contributed by atoms with van der Waals surface area (Å²) in [5.41, 5.74) is 8.38. The summed E-state index contributed by atoms with van der Waals surface area (Å²) >= 11 is 18.6. The lowest BCUT2D eigenvalue weighted by atomic mass is 9.64. The molecule has 0 fully saturated rings. The maximum absolute atomic E-state index is 11.7. The van der Waals surface area contributed by atoms with Crippen molar-refractivity contribution >= 4 is 41.1 Å². The van der Waals surface area contributed by atoms with Gasteiger partial charge in [-0.1, -0.05) is 65.2 Å². The Bertz CT molecular complexity index is 817. The zero-order chi connectivity index (χ0) is 18.8.